The van der Waals surface area contributed by atoms with Gasteiger partial charge < -0.3 is 4.74 Å². The van der Waals surface area contributed by atoms with Crippen molar-refractivity contribution >= 4 is 11.8 Å². The molecule has 0 saturated carbocycles. The van der Waals surface area contributed by atoms with Gasteiger partial charge in [0.25, 0.3) is 0 Å². The zero-order valence-electron chi connectivity index (χ0n) is 10.4. The van der Waals surface area contributed by atoms with Crippen LogP contribution in [0.4, 0.5) is 0 Å². The Kier molecular flexibility index (Phi) is 3.92. The molecule has 0 spiro atoms. The van der Waals surface area contributed by atoms with Crippen LogP contribution in [0.1, 0.15) is 25.3 Å². The molecule has 18 heavy (non-hydrogen) atoms. The number of hydrogen-bond donors (Lipinski definition) is 0. The first kappa shape index (κ1) is 12.6. The zero-order chi connectivity index (χ0) is 13.0. The quantitative estimate of drug-likeness (QED) is 0.764. The Morgan fingerprint density at radius 3 is 2.67 bits per heavy atom. The van der Waals surface area contributed by atoms with Gasteiger partial charge in [0, 0.05) is 6.92 Å². The van der Waals surface area contributed by atoms with Gasteiger partial charge in [0.2, 0.25) is 0 Å². The summed E-state index contributed by atoms with van der Waals surface area (Å²) >= 11 is 0. The monoisotopic (exact) mass is 244 g/mol. The van der Waals surface area contributed by atoms with Gasteiger partial charge in [-0.05, 0) is 30.1 Å². The van der Waals surface area contributed by atoms with Crippen LogP contribution in [-0.2, 0) is 20.7 Å². The van der Waals surface area contributed by atoms with Crippen molar-refractivity contribution in [3.05, 3.63) is 47.5 Å². The van der Waals surface area contributed by atoms with E-state index in [-0.39, 0.29) is 17.9 Å². The molecule has 1 aromatic carbocycles. The molecule has 1 aromatic rings. The molecule has 3 nitrogen and oxygen atoms in total. The van der Waals surface area contributed by atoms with Crippen molar-refractivity contribution in [1.29, 1.82) is 0 Å². The number of ketones is 1. The Hall–Kier alpha value is -1.90. The van der Waals surface area contributed by atoms with Crippen molar-refractivity contribution < 1.29 is 14.3 Å². The number of Topliss-reactive ketones (excluding diaryl/α,β-unsaturated/α-hetero) is 1. The molecule has 0 saturated heterocycles. The van der Waals surface area contributed by atoms with Crippen LogP contribution in [-0.4, -0.2) is 17.9 Å². The standard InChI is InChI=1S/C15H16O3/c1-11(16)18-14-9-13(15(17)10-14)8-7-12-5-3-2-4-6-12/h2-6,9,14H,7-8,10H2,1H3/t14-/m1/s1. The van der Waals surface area contributed by atoms with E-state index >= 15 is 0 Å². The highest BCUT2D eigenvalue weighted by Crippen LogP contribution is 2.22. The molecule has 3 heteroatoms. The third-order valence-electron chi connectivity index (χ3n) is 2.97. The molecule has 0 radical (unpaired) electrons. The molecule has 0 bridgehead atoms. The molecule has 2 rings (SSSR count). The SMILES string of the molecule is CC(=O)O[C@@H]1C=C(CCc2ccccc2)C(=O)C1. The van der Waals surface area contributed by atoms with Crippen LogP contribution in [0.3, 0.4) is 0 Å². The summed E-state index contributed by atoms with van der Waals surface area (Å²) < 4.78 is 5.03. The summed E-state index contributed by atoms with van der Waals surface area (Å²) in [6, 6.07) is 10.0. The summed E-state index contributed by atoms with van der Waals surface area (Å²) in [6.45, 7) is 1.36. The molecule has 1 atom stereocenters. The average molecular weight is 244 g/mol. The molecule has 0 N–H and O–H groups in total. The van der Waals surface area contributed by atoms with Crippen LogP contribution >= 0.6 is 0 Å². The summed E-state index contributed by atoms with van der Waals surface area (Å²) in [5.41, 5.74) is 1.99. The minimum absolute atomic E-state index is 0.0946. The van der Waals surface area contributed by atoms with E-state index < -0.39 is 0 Å². The molecule has 0 amide bonds. The van der Waals surface area contributed by atoms with Crippen molar-refractivity contribution in [2.24, 2.45) is 0 Å². The average Bonchev–Trinajstić information content (AvgIpc) is 2.67. The molecular weight excluding hydrogens is 228 g/mol. The highest BCUT2D eigenvalue weighted by molar-refractivity contribution is 5.98. The van der Waals surface area contributed by atoms with Crippen molar-refractivity contribution in [3.8, 4) is 0 Å². The number of allylic oxidation sites excluding steroid dienone is 1. The third kappa shape index (κ3) is 3.29. The molecule has 0 fully saturated rings. The predicted octanol–water partition coefficient (Wildman–Crippen LogP) is 2.45. The van der Waals surface area contributed by atoms with Gasteiger partial charge in [-0.3, -0.25) is 9.59 Å². The fourth-order valence-corrected chi connectivity index (χ4v) is 2.13. The number of hydrogen-bond acceptors (Lipinski definition) is 3. The number of carbonyl (C=O) groups is 2. The van der Waals surface area contributed by atoms with Crippen LogP contribution < -0.4 is 0 Å². The maximum atomic E-state index is 11.7. The van der Waals surface area contributed by atoms with Gasteiger partial charge in [0.15, 0.2) is 5.78 Å². The Labute approximate surface area is 106 Å². The molecular formula is C15H16O3. The molecule has 1 aliphatic carbocycles. The van der Waals surface area contributed by atoms with E-state index in [4.69, 9.17) is 4.74 Å². The fourth-order valence-electron chi connectivity index (χ4n) is 2.13. The van der Waals surface area contributed by atoms with Crippen molar-refractivity contribution in [2.75, 3.05) is 0 Å². The van der Waals surface area contributed by atoms with Gasteiger partial charge in [-0.1, -0.05) is 30.3 Å². The van der Waals surface area contributed by atoms with Gasteiger partial charge in [0.05, 0.1) is 6.42 Å². The minimum atomic E-state index is -0.360. The molecule has 94 valence electrons. The van der Waals surface area contributed by atoms with Crippen LogP contribution in [0.5, 0.6) is 0 Å². The topological polar surface area (TPSA) is 43.4 Å². The number of esters is 1. The lowest BCUT2D eigenvalue weighted by Crippen LogP contribution is -2.12. The lowest BCUT2D eigenvalue weighted by molar-refractivity contribution is -0.144. The van der Waals surface area contributed by atoms with E-state index in [2.05, 4.69) is 0 Å². The zero-order valence-corrected chi connectivity index (χ0v) is 10.4. The van der Waals surface area contributed by atoms with Crippen molar-refractivity contribution in [1.82, 2.24) is 0 Å². The van der Waals surface area contributed by atoms with Gasteiger partial charge in [-0.15, -0.1) is 0 Å². The number of ether oxygens (including phenoxy) is 1. The second-order valence-electron chi connectivity index (χ2n) is 4.45. The predicted molar refractivity (Wildman–Crippen MR) is 68.0 cm³/mol. The first-order valence-corrected chi connectivity index (χ1v) is 6.10. The highest BCUT2D eigenvalue weighted by Gasteiger charge is 2.25. The first-order chi connectivity index (χ1) is 8.65. The van der Waals surface area contributed by atoms with Crippen LogP contribution in [0.15, 0.2) is 42.0 Å². The van der Waals surface area contributed by atoms with Crippen LogP contribution in [0.2, 0.25) is 0 Å². The van der Waals surface area contributed by atoms with Crippen LogP contribution in [0.25, 0.3) is 0 Å². The van der Waals surface area contributed by atoms with Gasteiger partial charge in [-0.2, -0.15) is 0 Å². The Bertz CT molecular complexity index is 474. The van der Waals surface area contributed by atoms with Gasteiger partial charge >= 0.3 is 5.97 Å². The second-order valence-corrected chi connectivity index (χ2v) is 4.45. The van der Waals surface area contributed by atoms with E-state index in [1.54, 1.807) is 6.08 Å². The summed E-state index contributed by atoms with van der Waals surface area (Å²) in [5.74, 6) is -0.245. The first-order valence-electron chi connectivity index (χ1n) is 6.10. The van der Waals surface area contributed by atoms with Crippen molar-refractivity contribution in [3.63, 3.8) is 0 Å². The molecule has 0 unspecified atom stereocenters. The van der Waals surface area contributed by atoms with E-state index in [1.165, 1.54) is 12.5 Å². The number of benzene rings is 1. The Morgan fingerprint density at radius 2 is 2.00 bits per heavy atom. The van der Waals surface area contributed by atoms with Crippen LogP contribution in [0, 0.1) is 0 Å². The summed E-state index contributed by atoms with van der Waals surface area (Å²) in [4.78, 5) is 22.6. The second kappa shape index (κ2) is 5.63. The molecule has 1 aliphatic rings. The van der Waals surface area contributed by atoms with E-state index in [0.29, 0.717) is 12.8 Å². The molecule has 0 aliphatic heterocycles. The fraction of sp³-hybridized carbons (Fsp3) is 0.333. The molecule has 0 heterocycles. The maximum absolute atomic E-state index is 11.7. The minimum Gasteiger partial charge on any atom is -0.458 e. The van der Waals surface area contributed by atoms with E-state index in [0.717, 1.165) is 12.0 Å². The lowest BCUT2D eigenvalue weighted by Gasteiger charge is -2.05. The smallest absolute Gasteiger partial charge is 0.303 e. The van der Waals surface area contributed by atoms with E-state index in [9.17, 15) is 9.59 Å². The third-order valence-corrected chi connectivity index (χ3v) is 2.97. The number of aryl methyl sites for hydroxylation is 1. The van der Waals surface area contributed by atoms with Crippen molar-refractivity contribution in [2.45, 2.75) is 32.3 Å². The van der Waals surface area contributed by atoms with Gasteiger partial charge in [0.1, 0.15) is 6.10 Å². The summed E-state index contributed by atoms with van der Waals surface area (Å²) in [5, 5.41) is 0. The Balaban J connectivity index is 1.93. The van der Waals surface area contributed by atoms with Gasteiger partial charge in [-0.25, -0.2) is 0 Å². The Morgan fingerprint density at radius 1 is 1.28 bits per heavy atom. The lowest BCUT2D eigenvalue weighted by atomic mass is 10.0. The maximum Gasteiger partial charge on any atom is 0.303 e. The van der Waals surface area contributed by atoms with E-state index in [1.807, 2.05) is 30.3 Å². The molecule has 0 aromatic heterocycles. The highest BCUT2D eigenvalue weighted by atomic mass is 16.5. The normalized spacial score (nSPS) is 18.6. The number of carbonyl (C=O) groups excluding carboxylic acids is 2. The number of rotatable bonds is 4. The largest absolute Gasteiger partial charge is 0.458 e. The summed E-state index contributed by atoms with van der Waals surface area (Å²) in [6.07, 6.45) is 3.27. The summed E-state index contributed by atoms with van der Waals surface area (Å²) in [7, 11) is 0.